The highest BCUT2D eigenvalue weighted by molar-refractivity contribution is 9.10. The van der Waals surface area contributed by atoms with Crippen molar-refractivity contribution in [2.75, 3.05) is 5.32 Å². The predicted octanol–water partition coefficient (Wildman–Crippen LogP) is 5.61. The topological polar surface area (TPSA) is 32.3 Å². The summed E-state index contributed by atoms with van der Waals surface area (Å²) in [4.78, 5) is 0. The quantitative estimate of drug-likeness (QED) is 0.724. The summed E-state index contributed by atoms with van der Waals surface area (Å²) in [5, 5.41) is 14.0. The molecule has 1 aliphatic carbocycles. The molecule has 2 aromatic carbocycles. The average Bonchev–Trinajstić information content (AvgIpc) is 2.44. The van der Waals surface area contributed by atoms with Gasteiger partial charge in [-0.25, -0.2) is 0 Å². The fraction of sp³-hybridized carbons (Fsp3) is 0.294. The summed E-state index contributed by atoms with van der Waals surface area (Å²) in [6, 6.07) is 9.91. The van der Waals surface area contributed by atoms with Crippen LogP contribution in [0, 0.1) is 6.92 Å². The number of phenolic OH excluding ortho intramolecular Hbond substituents is 1. The maximum atomic E-state index is 9.63. The fourth-order valence-electron chi connectivity index (χ4n) is 2.90. The lowest BCUT2D eigenvalue weighted by molar-refractivity contribution is 0.472. The molecule has 0 fully saturated rings. The molecule has 0 aromatic heterocycles. The molecule has 1 aliphatic rings. The third kappa shape index (κ3) is 3.04. The number of phenols is 1. The van der Waals surface area contributed by atoms with Gasteiger partial charge in [-0.05, 0) is 83.1 Å². The molecule has 21 heavy (non-hydrogen) atoms. The standard InChI is InChI=1S/C17H17BrClNO/c1-10-7-14(18)17(9-15(10)19)20-16-4-2-3-11-8-12(21)5-6-13(11)16/h5-9,16,20-21H,2-4H2,1H3. The van der Waals surface area contributed by atoms with Crippen LogP contribution in [0.5, 0.6) is 5.75 Å². The van der Waals surface area contributed by atoms with E-state index >= 15 is 0 Å². The minimum Gasteiger partial charge on any atom is -0.508 e. The molecule has 0 spiro atoms. The molecule has 2 N–H and O–H groups in total. The lowest BCUT2D eigenvalue weighted by Gasteiger charge is -2.28. The first-order chi connectivity index (χ1) is 10.0. The number of fused-ring (bicyclic) bond motifs is 1. The molecule has 0 bridgehead atoms. The molecule has 0 aliphatic heterocycles. The molecule has 2 nitrogen and oxygen atoms in total. The van der Waals surface area contributed by atoms with Gasteiger partial charge in [-0.15, -0.1) is 0 Å². The fourth-order valence-corrected chi connectivity index (χ4v) is 3.63. The summed E-state index contributed by atoms with van der Waals surface area (Å²) in [5.41, 5.74) is 4.57. The Morgan fingerprint density at radius 3 is 2.90 bits per heavy atom. The largest absolute Gasteiger partial charge is 0.508 e. The van der Waals surface area contributed by atoms with E-state index in [-0.39, 0.29) is 6.04 Å². The van der Waals surface area contributed by atoms with Gasteiger partial charge >= 0.3 is 0 Å². The van der Waals surface area contributed by atoms with Gasteiger partial charge in [-0.1, -0.05) is 17.7 Å². The number of anilines is 1. The van der Waals surface area contributed by atoms with Gasteiger partial charge in [0.05, 0.1) is 11.7 Å². The molecule has 3 rings (SSSR count). The highest BCUT2D eigenvalue weighted by Gasteiger charge is 2.21. The molecule has 4 heteroatoms. The lowest BCUT2D eigenvalue weighted by atomic mass is 9.87. The van der Waals surface area contributed by atoms with E-state index in [1.807, 2.05) is 31.2 Å². The van der Waals surface area contributed by atoms with Crippen molar-refractivity contribution in [2.45, 2.75) is 32.2 Å². The second-order valence-corrected chi connectivity index (χ2v) is 6.82. The number of halogens is 2. The Labute approximate surface area is 138 Å². The Bertz CT molecular complexity index is 687. The van der Waals surface area contributed by atoms with Crippen LogP contribution in [0.2, 0.25) is 5.02 Å². The van der Waals surface area contributed by atoms with Crippen molar-refractivity contribution in [3.05, 3.63) is 56.5 Å². The van der Waals surface area contributed by atoms with Crippen LogP contribution in [0.3, 0.4) is 0 Å². The van der Waals surface area contributed by atoms with E-state index in [1.165, 1.54) is 11.1 Å². The number of aryl methyl sites for hydroxylation is 2. The Hall–Kier alpha value is -1.19. The van der Waals surface area contributed by atoms with E-state index in [1.54, 1.807) is 6.07 Å². The first-order valence-electron chi connectivity index (χ1n) is 7.08. The Morgan fingerprint density at radius 1 is 1.29 bits per heavy atom. The zero-order valence-corrected chi connectivity index (χ0v) is 14.1. The van der Waals surface area contributed by atoms with E-state index in [0.717, 1.165) is 40.0 Å². The van der Waals surface area contributed by atoms with Crippen molar-refractivity contribution in [3.63, 3.8) is 0 Å². The van der Waals surface area contributed by atoms with Crippen molar-refractivity contribution in [1.29, 1.82) is 0 Å². The van der Waals surface area contributed by atoms with Crippen LogP contribution in [-0.2, 0) is 6.42 Å². The second kappa shape index (κ2) is 5.90. The highest BCUT2D eigenvalue weighted by Crippen LogP contribution is 2.37. The van der Waals surface area contributed by atoms with Gasteiger partial charge in [-0.2, -0.15) is 0 Å². The van der Waals surface area contributed by atoms with Gasteiger partial charge in [0.25, 0.3) is 0 Å². The summed E-state index contributed by atoms with van der Waals surface area (Å²) in [5.74, 6) is 0.342. The van der Waals surface area contributed by atoms with Crippen molar-refractivity contribution < 1.29 is 5.11 Å². The lowest BCUT2D eigenvalue weighted by Crippen LogP contribution is -2.17. The molecule has 1 unspecified atom stereocenters. The van der Waals surface area contributed by atoms with E-state index in [4.69, 9.17) is 11.6 Å². The number of rotatable bonds is 2. The first-order valence-corrected chi connectivity index (χ1v) is 8.25. The zero-order chi connectivity index (χ0) is 15.0. The molecule has 0 radical (unpaired) electrons. The Kier molecular flexibility index (Phi) is 4.14. The minimum atomic E-state index is 0.254. The summed E-state index contributed by atoms with van der Waals surface area (Å²) >= 11 is 9.83. The molecule has 1 atom stereocenters. The minimum absolute atomic E-state index is 0.254. The van der Waals surface area contributed by atoms with Crippen molar-refractivity contribution in [2.24, 2.45) is 0 Å². The van der Waals surface area contributed by atoms with Gasteiger partial charge in [0.15, 0.2) is 0 Å². The first kappa shape index (κ1) is 14.7. The number of benzene rings is 2. The van der Waals surface area contributed by atoms with Crippen LogP contribution in [-0.4, -0.2) is 5.11 Å². The smallest absolute Gasteiger partial charge is 0.115 e. The Morgan fingerprint density at radius 2 is 2.10 bits per heavy atom. The van der Waals surface area contributed by atoms with E-state index in [0.29, 0.717) is 5.75 Å². The normalized spacial score (nSPS) is 17.4. The van der Waals surface area contributed by atoms with E-state index in [9.17, 15) is 5.11 Å². The Balaban J connectivity index is 1.92. The van der Waals surface area contributed by atoms with E-state index < -0.39 is 0 Å². The number of hydrogen-bond acceptors (Lipinski definition) is 2. The van der Waals surface area contributed by atoms with Crippen molar-refractivity contribution in [1.82, 2.24) is 0 Å². The molecule has 0 heterocycles. The SMILES string of the molecule is Cc1cc(Br)c(NC2CCCc3cc(O)ccc32)cc1Cl. The van der Waals surface area contributed by atoms with Gasteiger partial charge in [0.2, 0.25) is 0 Å². The molecule has 0 amide bonds. The third-order valence-electron chi connectivity index (χ3n) is 4.02. The molecule has 2 aromatic rings. The van der Waals surface area contributed by atoms with Crippen LogP contribution in [0.25, 0.3) is 0 Å². The van der Waals surface area contributed by atoms with Crippen LogP contribution in [0.15, 0.2) is 34.8 Å². The maximum absolute atomic E-state index is 9.63. The molecule has 0 saturated heterocycles. The monoisotopic (exact) mass is 365 g/mol. The van der Waals surface area contributed by atoms with Crippen molar-refractivity contribution in [3.8, 4) is 5.75 Å². The summed E-state index contributed by atoms with van der Waals surface area (Å²) in [7, 11) is 0. The molecule has 110 valence electrons. The zero-order valence-electron chi connectivity index (χ0n) is 11.8. The van der Waals surface area contributed by atoms with Crippen LogP contribution >= 0.6 is 27.5 Å². The number of aromatic hydroxyl groups is 1. The number of hydrogen-bond donors (Lipinski definition) is 2. The van der Waals surface area contributed by atoms with Gasteiger partial charge in [0, 0.05) is 9.50 Å². The van der Waals surface area contributed by atoms with Gasteiger partial charge in [-0.3, -0.25) is 0 Å². The van der Waals surface area contributed by atoms with Crippen LogP contribution in [0.4, 0.5) is 5.69 Å². The summed E-state index contributed by atoms with van der Waals surface area (Å²) < 4.78 is 1.02. The van der Waals surface area contributed by atoms with Crippen LogP contribution < -0.4 is 5.32 Å². The maximum Gasteiger partial charge on any atom is 0.115 e. The van der Waals surface area contributed by atoms with Crippen LogP contribution in [0.1, 0.15) is 35.6 Å². The molecular weight excluding hydrogens is 350 g/mol. The average molecular weight is 367 g/mol. The second-order valence-electron chi connectivity index (χ2n) is 5.55. The summed E-state index contributed by atoms with van der Waals surface area (Å²) in [6.45, 7) is 2.00. The third-order valence-corrected chi connectivity index (χ3v) is 5.08. The molecule has 0 saturated carbocycles. The van der Waals surface area contributed by atoms with Gasteiger partial charge < -0.3 is 10.4 Å². The predicted molar refractivity (Wildman–Crippen MR) is 91.3 cm³/mol. The highest BCUT2D eigenvalue weighted by atomic mass is 79.9. The number of nitrogens with one attached hydrogen (secondary N) is 1. The van der Waals surface area contributed by atoms with Crippen molar-refractivity contribution >= 4 is 33.2 Å². The van der Waals surface area contributed by atoms with Gasteiger partial charge in [0.1, 0.15) is 5.75 Å². The summed E-state index contributed by atoms with van der Waals surface area (Å²) in [6.07, 6.45) is 3.22. The van der Waals surface area contributed by atoms with E-state index in [2.05, 4.69) is 21.2 Å². The molecular formula is C17H17BrClNO.